The fourth-order valence-corrected chi connectivity index (χ4v) is 5.01. The van der Waals surface area contributed by atoms with Gasteiger partial charge in [0.15, 0.2) is 11.6 Å². The maximum Gasteiger partial charge on any atom is 0.416 e. The number of halogens is 3. The molecule has 2 atom stereocenters. The summed E-state index contributed by atoms with van der Waals surface area (Å²) in [6, 6.07) is 9.50. The average Bonchev–Trinajstić information content (AvgIpc) is 3.64. The van der Waals surface area contributed by atoms with Crippen LogP contribution in [-0.4, -0.2) is 42.6 Å². The molecule has 0 spiro atoms. The van der Waals surface area contributed by atoms with E-state index in [9.17, 15) is 18.0 Å². The number of nitrogens with zero attached hydrogens (tertiary/aromatic N) is 7. The van der Waals surface area contributed by atoms with Crippen LogP contribution in [0, 0.1) is 11.3 Å². The van der Waals surface area contributed by atoms with Crippen LogP contribution < -0.4 is 15.5 Å². The highest BCUT2D eigenvalue weighted by Gasteiger charge is 2.31. The zero-order chi connectivity index (χ0) is 27.1. The van der Waals surface area contributed by atoms with Crippen molar-refractivity contribution in [1.82, 2.24) is 24.6 Å². The molecule has 0 unspecified atom stereocenters. The van der Waals surface area contributed by atoms with Crippen LogP contribution in [0.5, 0.6) is 0 Å². The minimum absolute atomic E-state index is 0.0524. The van der Waals surface area contributed by atoms with Crippen LogP contribution in [0.4, 0.5) is 30.6 Å². The van der Waals surface area contributed by atoms with E-state index in [0.29, 0.717) is 29.3 Å². The van der Waals surface area contributed by atoms with Gasteiger partial charge in [-0.3, -0.25) is 0 Å². The molecule has 4 aromatic heterocycles. The standard InChI is InChI=1S/C26H20F3N9O/c27-26(28,29)16-5-6-38-24(8-16)35-25(36-38)34-18-2-1-17(9-18)33-23-4-3-20(11-32-23)37-13-15-7-19(10-30)31-12-21(15)22(37)14-39/h3-8,11-12,17-18H,1-2,9,13H2,(H,32,33)(H,34,36)/t17-,18-/m0/s1. The van der Waals surface area contributed by atoms with Crippen molar-refractivity contribution >= 4 is 34.7 Å². The van der Waals surface area contributed by atoms with Gasteiger partial charge in [0.2, 0.25) is 5.95 Å². The SMILES string of the molecule is N#Cc1cc2c(cn1)C(=C=O)N(c1ccc(N[C@H]3CC[C@H](Nc4nc5cc(C(F)(F)F)ccn5n4)C3)nc1)C2. The number of anilines is 3. The van der Waals surface area contributed by atoms with E-state index >= 15 is 0 Å². The normalized spacial score (nSPS) is 18.6. The predicted molar refractivity (Wildman–Crippen MR) is 135 cm³/mol. The van der Waals surface area contributed by atoms with Gasteiger partial charge in [-0.05, 0) is 55.2 Å². The molecular weight excluding hydrogens is 511 g/mol. The first-order valence-corrected chi connectivity index (χ1v) is 12.2. The van der Waals surface area contributed by atoms with Gasteiger partial charge >= 0.3 is 6.18 Å². The fraction of sp³-hybridized carbons (Fsp3) is 0.269. The minimum Gasteiger partial charge on any atom is -0.367 e. The van der Waals surface area contributed by atoms with Crippen LogP contribution in [0.2, 0.25) is 0 Å². The zero-order valence-corrected chi connectivity index (χ0v) is 20.3. The van der Waals surface area contributed by atoms with Gasteiger partial charge in [0.05, 0.1) is 17.4 Å². The molecule has 1 saturated carbocycles. The lowest BCUT2D eigenvalue weighted by Crippen LogP contribution is -2.21. The summed E-state index contributed by atoms with van der Waals surface area (Å²) < 4.78 is 40.2. The topological polar surface area (TPSA) is 124 Å². The van der Waals surface area contributed by atoms with Crippen molar-refractivity contribution in [2.24, 2.45) is 0 Å². The first-order valence-electron chi connectivity index (χ1n) is 12.2. The summed E-state index contributed by atoms with van der Waals surface area (Å²) >= 11 is 0. The van der Waals surface area contributed by atoms with E-state index in [-0.39, 0.29) is 29.4 Å². The molecule has 0 radical (unpaired) electrons. The molecule has 6 rings (SSSR count). The van der Waals surface area contributed by atoms with Crippen LogP contribution in [-0.2, 0) is 17.5 Å². The van der Waals surface area contributed by atoms with Gasteiger partial charge in [0.1, 0.15) is 23.3 Å². The third-order valence-electron chi connectivity index (χ3n) is 6.90. The molecule has 1 aliphatic carbocycles. The molecule has 2 aliphatic rings. The Kier molecular flexibility index (Phi) is 5.89. The molecule has 0 bridgehead atoms. The van der Waals surface area contributed by atoms with Gasteiger partial charge in [0, 0.05) is 36.6 Å². The lowest BCUT2D eigenvalue weighted by molar-refractivity contribution is -0.137. The molecule has 0 saturated heterocycles. The van der Waals surface area contributed by atoms with E-state index in [1.54, 1.807) is 17.2 Å². The summed E-state index contributed by atoms with van der Waals surface area (Å²) in [4.78, 5) is 26.2. The molecule has 1 aliphatic heterocycles. The fourth-order valence-electron chi connectivity index (χ4n) is 5.01. The Morgan fingerprint density at radius 2 is 1.87 bits per heavy atom. The maximum atomic E-state index is 13.0. The second-order valence-corrected chi connectivity index (χ2v) is 9.42. The molecular formula is C26H20F3N9O. The number of aromatic nitrogens is 5. The lowest BCUT2D eigenvalue weighted by atomic mass is 10.1. The molecule has 4 aromatic rings. The number of alkyl halides is 3. The van der Waals surface area contributed by atoms with E-state index in [1.165, 1.54) is 16.9 Å². The molecule has 5 heterocycles. The number of pyridine rings is 3. The molecule has 10 nitrogen and oxygen atoms in total. The number of carbonyl (C=O) groups excluding carboxylic acids is 1. The Labute approximate surface area is 219 Å². The molecule has 0 aromatic carbocycles. The molecule has 39 heavy (non-hydrogen) atoms. The Balaban J connectivity index is 1.08. The zero-order valence-electron chi connectivity index (χ0n) is 20.3. The summed E-state index contributed by atoms with van der Waals surface area (Å²) in [6.07, 6.45) is 2.44. The highest BCUT2D eigenvalue weighted by atomic mass is 19.4. The number of hydrogen-bond acceptors (Lipinski definition) is 9. The Bertz CT molecular complexity index is 1650. The number of nitrogens with one attached hydrogen (secondary N) is 2. The van der Waals surface area contributed by atoms with Gasteiger partial charge in [0.25, 0.3) is 0 Å². The summed E-state index contributed by atoms with van der Waals surface area (Å²) in [5.41, 5.74) is 2.19. The van der Waals surface area contributed by atoms with Crippen LogP contribution in [0.25, 0.3) is 11.3 Å². The molecule has 0 amide bonds. The number of nitriles is 1. The molecule has 2 N–H and O–H groups in total. The van der Waals surface area contributed by atoms with Crippen molar-refractivity contribution in [3.63, 3.8) is 0 Å². The van der Waals surface area contributed by atoms with Crippen molar-refractivity contribution < 1.29 is 18.0 Å². The molecule has 13 heteroatoms. The third kappa shape index (κ3) is 4.73. The van der Waals surface area contributed by atoms with E-state index in [4.69, 9.17) is 5.26 Å². The average molecular weight is 532 g/mol. The van der Waals surface area contributed by atoms with Gasteiger partial charge in [-0.2, -0.15) is 23.4 Å². The van der Waals surface area contributed by atoms with Gasteiger partial charge in [-0.25, -0.2) is 19.3 Å². The van der Waals surface area contributed by atoms with Gasteiger partial charge < -0.3 is 15.5 Å². The Morgan fingerprint density at radius 3 is 2.59 bits per heavy atom. The van der Waals surface area contributed by atoms with Crippen molar-refractivity contribution in [3.05, 3.63) is 71.3 Å². The second kappa shape index (κ2) is 9.41. The number of hydrogen-bond donors (Lipinski definition) is 2. The molecule has 1 fully saturated rings. The van der Waals surface area contributed by atoms with Crippen LogP contribution in [0.3, 0.4) is 0 Å². The van der Waals surface area contributed by atoms with Gasteiger partial charge in [-0.15, -0.1) is 5.10 Å². The maximum absolute atomic E-state index is 13.0. The second-order valence-electron chi connectivity index (χ2n) is 9.42. The summed E-state index contributed by atoms with van der Waals surface area (Å²) in [7, 11) is 0. The number of fused-ring (bicyclic) bond motifs is 2. The highest BCUT2D eigenvalue weighted by molar-refractivity contribution is 5.98. The van der Waals surface area contributed by atoms with Crippen LogP contribution in [0.1, 0.15) is 41.6 Å². The smallest absolute Gasteiger partial charge is 0.367 e. The van der Waals surface area contributed by atoms with E-state index in [1.807, 2.05) is 24.1 Å². The van der Waals surface area contributed by atoms with Crippen molar-refractivity contribution in [1.29, 1.82) is 5.26 Å². The van der Waals surface area contributed by atoms with Crippen LogP contribution in [0.15, 0.2) is 48.9 Å². The van der Waals surface area contributed by atoms with E-state index in [0.717, 1.165) is 37.0 Å². The van der Waals surface area contributed by atoms with E-state index in [2.05, 4.69) is 30.7 Å². The number of rotatable bonds is 5. The van der Waals surface area contributed by atoms with Crippen molar-refractivity contribution in [3.8, 4) is 6.07 Å². The van der Waals surface area contributed by atoms with Crippen molar-refractivity contribution in [2.45, 2.75) is 44.1 Å². The summed E-state index contributed by atoms with van der Waals surface area (Å²) in [5, 5.41) is 20.0. The van der Waals surface area contributed by atoms with E-state index < -0.39 is 11.7 Å². The first-order chi connectivity index (χ1) is 18.8. The molecule has 196 valence electrons. The Hall–Kier alpha value is -4.95. The van der Waals surface area contributed by atoms with Crippen LogP contribution >= 0.6 is 0 Å². The summed E-state index contributed by atoms with van der Waals surface area (Å²) in [6.45, 7) is 0.413. The predicted octanol–water partition coefficient (Wildman–Crippen LogP) is 4.05. The van der Waals surface area contributed by atoms with Gasteiger partial charge in [-0.1, -0.05) is 0 Å². The largest absolute Gasteiger partial charge is 0.416 e. The first kappa shape index (κ1) is 24.4. The Morgan fingerprint density at radius 1 is 1.05 bits per heavy atom. The monoisotopic (exact) mass is 531 g/mol. The minimum atomic E-state index is -4.44. The quantitative estimate of drug-likeness (QED) is 0.367. The summed E-state index contributed by atoms with van der Waals surface area (Å²) in [5.74, 6) is 2.94. The third-order valence-corrected chi connectivity index (χ3v) is 6.90. The lowest BCUT2D eigenvalue weighted by Gasteiger charge is -2.19. The highest BCUT2D eigenvalue weighted by Crippen LogP contribution is 2.35. The van der Waals surface area contributed by atoms with Crippen molar-refractivity contribution in [2.75, 3.05) is 15.5 Å².